The lowest BCUT2D eigenvalue weighted by Crippen LogP contribution is -2.25. The quantitative estimate of drug-likeness (QED) is 0.576. The van der Waals surface area contributed by atoms with Crippen molar-refractivity contribution in [2.24, 2.45) is 0 Å². The van der Waals surface area contributed by atoms with Crippen LogP contribution in [-0.2, 0) is 9.53 Å². The number of ether oxygens (including phenoxy) is 1. The number of nitrogens with one attached hydrogen (secondary N) is 1. The number of hydrogen-bond donors (Lipinski definition) is 1. The Morgan fingerprint density at radius 2 is 2.56 bits per heavy atom. The van der Waals surface area contributed by atoms with Crippen molar-refractivity contribution in [1.82, 2.24) is 5.32 Å². The molecule has 1 heterocycles. The van der Waals surface area contributed by atoms with E-state index in [0.29, 0.717) is 5.03 Å². The third kappa shape index (κ3) is 1.06. The van der Waals surface area contributed by atoms with Gasteiger partial charge in [0.05, 0.1) is 5.03 Å². The highest BCUT2D eigenvalue weighted by atomic mass is 35.5. The average molecular weight is 148 g/mol. The summed E-state index contributed by atoms with van der Waals surface area (Å²) in [5, 5.41) is 2.82. The van der Waals surface area contributed by atoms with Crippen LogP contribution in [0.4, 0.5) is 0 Å². The van der Waals surface area contributed by atoms with Crippen molar-refractivity contribution < 1.29 is 9.53 Å². The Balaban J connectivity index is 2.67. The van der Waals surface area contributed by atoms with Gasteiger partial charge in [-0.2, -0.15) is 0 Å². The molecule has 1 rings (SSSR count). The summed E-state index contributed by atoms with van der Waals surface area (Å²) < 4.78 is 4.72. The molecule has 0 saturated heterocycles. The molecular formula is C5H6ClNO2. The smallest absolute Gasteiger partial charge is 0.258 e. The fraction of sp³-hybridized carbons (Fsp3) is 0.400. The standard InChI is InChI=1S/C5H6ClNO2/c1-9-4-3(6)2-7-5(4)8/h2,4H,1H3,(H,7,8). The maximum atomic E-state index is 10.6. The van der Waals surface area contributed by atoms with Gasteiger partial charge in [0, 0.05) is 13.3 Å². The van der Waals surface area contributed by atoms with Gasteiger partial charge in [-0.1, -0.05) is 11.6 Å². The van der Waals surface area contributed by atoms with E-state index in [1.54, 1.807) is 0 Å². The SMILES string of the molecule is COC1C(=O)NC=C1Cl. The van der Waals surface area contributed by atoms with Crippen molar-refractivity contribution in [3.8, 4) is 0 Å². The minimum absolute atomic E-state index is 0.206. The molecule has 0 aromatic heterocycles. The first-order valence-corrected chi connectivity index (χ1v) is 2.82. The monoisotopic (exact) mass is 147 g/mol. The third-order valence-corrected chi connectivity index (χ3v) is 1.38. The third-order valence-electron chi connectivity index (χ3n) is 1.08. The Morgan fingerprint density at radius 1 is 1.89 bits per heavy atom. The largest absolute Gasteiger partial charge is 0.366 e. The number of hydrogen-bond acceptors (Lipinski definition) is 2. The zero-order valence-corrected chi connectivity index (χ0v) is 5.61. The lowest BCUT2D eigenvalue weighted by molar-refractivity contribution is -0.126. The summed E-state index contributed by atoms with van der Waals surface area (Å²) in [6, 6.07) is 0. The van der Waals surface area contributed by atoms with E-state index in [4.69, 9.17) is 16.3 Å². The molecule has 0 aliphatic carbocycles. The molecule has 1 N–H and O–H groups in total. The molecule has 9 heavy (non-hydrogen) atoms. The summed E-state index contributed by atoms with van der Waals surface area (Å²) in [5.41, 5.74) is 0. The molecule has 1 atom stereocenters. The number of halogens is 1. The number of carbonyl (C=O) groups is 1. The number of methoxy groups -OCH3 is 1. The van der Waals surface area contributed by atoms with Gasteiger partial charge in [-0.05, 0) is 0 Å². The van der Waals surface area contributed by atoms with Crippen molar-refractivity contribution in [3.63, 3.8) is 0 Å². The van der Waals surface area contributed by atoms with Gasteiger partial charge in [-0.25, -0.2) is 0 Å². The Labute approximate surface area is 57.6 Å². The minimum Gasteiger partial charge on any atom is -0.366 e. The Kier molecular flexibility index (Phi) is 1.73. The van der Waals surface area contributed by atoms with E-state index >= 15 is 0 Å². The Morgan fingerprint density at radius 3 is 2.78 bits per heavy atom. The normalized spacial score (nSPS) is 25.8. The van der Waals surface area contributed by atoms with Crippen molar-refractivity contribution in [1.29, 1.82) is 0 Å². The first-order valence-electron chi connectivity index (χ1n) is 2.44. The number of rotatable bonds is 1. The van der Waals surface area contributed by atoms with Gasteiger partial charge in [0.25, 0.3) is 5.91 Å². The van der Waals surface area contributed by atoms with Crippen molar-refractivity contribution >= 4 is 17.5 Å². The van der Waals surface area contributed by atoms with Crippen molar-refractivity contribution in [2.45, 2.75) is 6.10 Å². The molecule has 0 aromatic carbocycles. The zero-order valence-electron chi connectivity index (χ0n) is 4.85. The Bertz CT molecular complexity index is 166. The number of carbonyl (C=O) groups excluding carboxylic acids is 1. The molecule has 1 amide bonds. The second kappa shape index (κ2) is 2.37. The molecule has 1 aliphatic heterocycles. The molecule has 3 nitrogen and oxygen atoms in total. The van der Waals surface area contributed by atoms with Crippen molar-refractivity contribution in [3.05, 3.63) is 11.2 Å². The molecule has 0 fully saturated rings. The Hall–Kier alpha value is -0.540. The van der Waals surface area contributed by atoms with Gasteiger partial charge in [0.2, 0.25) is 0 Å². The molecule has 1 unspecified atom stereocenters. The molecule has 4 heteroatoms. The van der Waals surface area contributed by atoms with Gasteiger partial charge in [-0.15, -0.1) is 0 Å². The van der Waals surface area contributed by atoms with Crippen LogP contribution >= 0.6 is 11.6 Å². The maximum Gasteiger partial charge on any atom is 0.258 e. The fourth-order valence-corrected chi connectivity index (χ4v) is 0.879. The van der Waals surface area contributed by atoms with Gasteiger partial charge in [0.15, 0.2) is 6.10 Å². The van der Waals surface area contributed by atoms with Crippen molar-refractivity contribution in [2.75, 3.05) is 7.11 Å². The van der Waals surface area contributed by atoms with E-state index in [0.717, 1.165) is 0 Å². The average Bonchev–Trinajstić information content (AvgIpc) is 2.12. The first-order chi connectivity index (χ1) is 4.25. The summed E-state index contributed by atoms with van der Waals surface area (Å²) in [7, 11) is 1.44. The van der Waals surface area contributed by atoms with Gasteiger partial charge < -0.3 is 10.1 Å². The van der Waals surface area contributed by atoms with E-state index in [1.807, 2.05) is 0 Å². The van der Waals surface area contributed by atoms with Crippen LogP contribution in [0.3, 0.4) is 0 Å². The highest BCUT2D eigenvalue weighted by Gasteiger charge is 2.25. The second-order valence-electron chi connectivity index (χ2n) is 1.65. The molecular weight excluding hydrogens is 142 g/mol. The second-order valence-corrected chi connectivity index (χ2v) is 2.09. The van der Waals surface area contributed by atoms with E-state index in [-0.39, 0.29) is 5.91 Å². The highest BCUT2D eigenvalue weighted by molar-refractivity contribution is 6.32. The molecule has 0 spiro atoms. The van der Waals surface area contributed by atoms with Crippen LogP contribution in [0.2, 0.25) is 0 Å². The van der Waals surface area contributed by atoms with Crippen LogP contribution in [-0.4, -0.2) is 19.1 Å². The minimum atomic E-state index is -0.591. The van der Waals surface area contributed by atoms with Gasteiger partial charge in [0.1, 0.15) is 0 Å². The molecule has 50 valence electrons. The molecule has 0 bridgehead atoms. The first kappa shape index (κ1) is 6.58. The number of amides is 1. The maximum absolute atomic E-state index is 10.6. The molecule has 0 saturated carbocycles. The van der Waals surface area contributed by atoms with E-state index in [2.05, 4.69) is 5.32 Å². The van der Waals surface area contributed by atoms with Gasteiger partial charge >= 0.3 is 0 Å². The van der Waals surface area contributed by atoms with Crippen LogP contribution < -0.4 is 5.32 Å². The van der Waals surface area contributed by atoms with E-state index < -0.39 is 6.10 Å². The molecule has 0 radical (unpaired) electrons. The van der Waals surface area contributed by atoms with Crippen LogP contribution in [0, 0.1) is 0 Å². The predicted octanol–water partition coefficient (Wildman–Crippen LogP) is 0.211. The van der Waals surface area contributed by atoms with Crippen LogP contribution in [0.25, 0.3) is 0 Å². The van der Waals surface area contributed by atoms with Crippen LogP contribution in [0.15, 0.2) is 11.2 Å². The summed E-state index contributed by atoms with van der Waals surface area (Å²) in [6.07, 6.45) is 0.838. The predicted molar refractivity (Wildman–Crippen MR) is 32.9 cm³/mol. The molecule has 1 aliphatic rings. The van der Waals surface area contributed by atoms with Crippen LogP contribution in [0.5, 0.6) is 0 Å². The lowest BCUT2D eigenvalue weighted by Gasteiger charge is -2.02. The zero-order chi connectivity index (χ0) is 6.85. The van der Waals surface area contributed by atoms with Crippen LogP contribution in [0.1, 0.15) is 0 Å². The summed E-state index contributed by atoms with van der Waals surface area (Å²) >= 11 is 5.53. The van der Waals surface area contributed by atoms with Gasteiger partial charge in [-0.3, -0.25) is 4.79 Å². The molecule has 0 aromatic rings. The van der Waals surface area contributed by atoms with E-state index in [9.17, 15) is 4.79 Å². The fourth-order valence-electron chi connectivity index (χ4n) is 0.636. The van der Waals surface area contributed by atoms with E-state index in [1.165, 1.54) is 13.3 Å². The summed E-state index contributed by atoms with van der Waals surface area (Å²) in [4.78, 5) is 10.6. The topological polar surface area (TPSA) is 38.3 Å². The summed E-state index contributed by atoms with van der Waals surface area (Å²) in [5.74, 6) is -0.206. The summed E-state index contributed by atoms with van der Waals surface area (Å²) in [6.45, 7) is 0. The lowest BCUT2D eigenvalue weighted by atomic mass is 10.4. The highest BCUT2D eigenvalue weighted by Crippen LogP contribution is 2.14.